The molecular formula is C8H8O4. The third kappa shape index (κ3) is 1.47. The van der Waals surface area contributed by atoms with Crippen molar-refractivity contribution in [3.63, 3.8) is 0 Å². The minimum Gasteiger partial charge on any atom is -0.508 e. The molecule has 0 aliphatic carbocycles. The number of carbonyl (C=O) groups is 1. The minimum atomic E-state index is -0.278. The fraction of sp³-hybridized carbons (Fsp3) is 0.125. The van der Waals surface area contributed by atoms with E-state index in [1.807, 2.05) is 0 Å². The highest BCUT2D eigenvalue weighted by molar-refractivity contribution is 5.61. The first kappa shape index (κ1) is 8.39. The van der Waals surface area contributed by atoms with Crippen LogP contribution < -0.4 is 0 Å². The normalized spacial score (nSPS) is 9.67. The summed E-state index contributed by atoms with van der Waals surface area (Å²) >= 11 is 0. The van der Waals surface area contributed by atoms with Crippen LogP contribution in [0.15, 0.2) is 12.1 Å². The number of aldehydes is 1. The number of benzene rings is 1. The van der Waals surface area contributed by atoms with Gasteiger partial charge in [-0.1, -0.05) is 0 Å². The molecule has 0 heterocycles. The van der Waals surface area contributed by atoms with E-state index in [1.54, 1.807) is 0 Å². The van der Waals surface area contributed by atoms with Crippen molar-refractivity contribution in [3.05, 3.63) is 17.7 Å². The van der Waals surface area contributed by atoms with Crippen LogP contribution in [0.2, 0.25) is 0 Å². The first-order valence-electron chi connectivity index (χ1n) is 3.32. The number of aromatic hydroxyl groups is 3. The summed E-state index contributed by atoms with van der Waals surface area (Å²) < 4.78 is 0. The molecule has 0 atom stereocenters. The third-order valence-corrected chi connectivity index (χ3v) is 1.48. The number of hydrogen-bond acceptors (Lipinski definition) is 4. The largest absolute Gasteiger partial charge is 0.508 e. The lowest BCUT2D eigenvalue weighted by Gasteiger charge is -2.03. The van der Waals surface area contributed by atoms with Crippen LogP contribution >= 0.6 is 0 Å². The topological polar surface area (TPSA) is 77.8 Å². The molecule has 0 fully saturated rings. The minimum absolute atomic E-state index is 0.0715. The lowest BCUT2D eigenvalue weighted by molar-refractivity contribution is -0.107. The quantitative estimate of drug-likeness (QED) is 0.563. The van der Waals surface area contributed by atoms with Gasteiger partial charge in [-0.15, -0.1) is 0 Å². The Morgan fingerprint density at radius 1 is 1.17 bits per heavy atom. The number of phenols is 3. The molecule has 0 radical (unpaired) electrons. The molecule has 0 aliphatic heterocycles. The Morgan fingerprint density at radius 3 is 2.08 bits per heavy atom. The Hall–Kier alpha value is -1.71. The smallest absolute Gasteiger partial charge is 0.126 e. The van der Waals surface area contributed by atoms with Gasteiger partial charge in [-0.2, -0.15) is 0 Å². The highest BCUT2D eigenvalue weighted by Crippen LogP contribution is 2.31. The number of hydrogen-bond donors (Lipinski definition) is 3. The molecule has 0 aromatic heterocycles. The zero-order chi connectivity index (χ0) is 9.14. The van der Waals surface area contributed by atoms with Crippen molar-refractivity contribution in [1.29, 1.82) is 0 Å². The number of carbonyl (C=O) groups excluding carboxylic acids is 1. The Kier molecular flexibility index (Phi) is 2.19. The highest BCUT2D eigenvalue weighted by Gasteiger charge is 2.08. The second-order valence-corrected chi connectivity index (χ2v) is 2.33. The summed E-state index contributed by atoms with van der Waals surface area (Å²) in [6.07, 6.45) is 0.490. The number of rotatable bonds is 2. The molecule has 0 saturated carbocycles. The lowest BCUT2D eigenvalue weighted by atomic mass is 10.1. The molecular weight excluding hydrogens is 160 g/mol. The summed E-state index contributed by atoms with van der Waals surface area (Å²) in [5, 5.41) is 27.1. The van der Waals surface area contributed by atoms with Gasteiger partial charge in [0.2, 0.25) is 0 Å². The molecule has 4 heteroatoms. The van der Waals surface area contributed by atoms with Crippen molar-refractivity contribution < 1.29 is 20.1 Å². The van der Waals surface area contributed by atoms with Gasteiger partial charge >= 0.3 is 0 Å². The van der Waals surface area contributed by atoms with Crippen LogP contribution in [0.4, 0.5) is 0 Å². The van der Waals surface area contributed by atoms with E-state index < -0.39 is 0 Å². The second-order valence-electron chi connectivity index (χ2n) is 2.33. The van der Waals surface area contributed by atoms with Gasteiger partial charge in [0, 0.05) is 24.1 Å². The van der Waals surface area contributed by atoms with Gasteiger partial charge in [0.05, 0.1) is 0 Å². The van der Waals surface area contributed by atoms with E-state index >= 15 is 0 Å². The van der Waals surface area contributed by atoms with Gasteiger partial charge in [-0.25, -0.2) is 0 Å². The van der Waals surface area contributed by atoms with Crippen LogP contribution in [0, 0.1) is 0 Å². The van der Waals surface area contributed by atoms with Crippen LogP contribution in [0.25, 0.3) is 0 Å². The summed E-state index contributed by atoms with van der Waals surface area (Å²) in [4.78, 5) is 10.1. The SMILES string of the molecule is O=CCc1c(O)cc(O)cc1O. The van der Waals surface area contributed by atoms with Gasteiger partial charge in [0.25, 0.3) is 0 Å². The van der Waals surface area contributed by atoms with Crippen LogP contribution in [0.5, 0.6) is 17.2 Å². The number of phenolic OH excluding ortho intramolecular Hbond substituents is 3. The van der Waals surface area contributed by atoms with Crippen molar-refractivity contribution in [2.45, 2.75) is 6.42 Å². The molecule has 1 rings (SSSR count). The van der Waals surface area contributed by atoms with E-state index in [2.05, 4.69) is 0 Å². The van der Waals surface area contributed by atoms with Crippen molar-refractivity contribution in [2.75, 3.05) is 0 Å². The van der Waals surface area contributed by atoms with Crippen LogP contribution in [-0.2, 0) is 11.2 Å². The van der Waals surface area contributed by atoms with Crippen LogP contribution in [-0.4, -0.2) is 21.6 Å². The Balaban J connectivity index is 3.18. The standard InChI is InChI=1S/C8H8O4/c9-2-1-6-7(11)3-5(10)4-8(6)12/h2-4,10-12H,1H2. The summed E-state index contributed by atoms with van der Waals surface area (Å²) in [6.45, 7) is 0. The van der Waals surface area contributed by atoms with Gasteiger partial charge in [-0.3, -0.25) is 0 Å². The van der Waals surface area contributed by atoms with Crippen molar-refractivity contribution in [1.82, 2.24) is 0 Å². The molecule has 1 aromatic carbocycles. The maximum absolute atomic E-state index is 10.1. The summed E-state index contributed by atoms with van der Waals surface area (Å²) in [5.41, 5.74) is 0.128. The highest BCUT2D eigenvalue weighted by atomic mass is 16.3. The Morgan fingerprint density at radius 2 is 1.67 bits per heavy atom. The fourth-order valence-electron chi connectivity index (χ4n) is 0.920. The zero-order valence-corrected chi connectivity index (χ0v) is 6.19. The molecule has 0 aliphatic rings. The molecule has 0 amide bonds. The monoisotopic (exact) mass is 168 g/mol. The van der Waals surface area contributed by atoms with Crippen molar-refractivity contribution >= 4 is 6.29 Å². The van der Waals surface area contributed by atoms with Gasteiger partial charge < -0.3 is 20.1 Å². The third-order valence-electron chi connectivity index (χ3n) is 1.48. The predicted molar refractivity (Wildman–Crippen MR) is 41.2 cm³/mol. The van der Waals surface area contributed by atoms with Crippen LogP contribution in [0.1, 0.15) is 5.56 Å². The first-order chi connectivity index (χ1) is 5.65. The van der Waals surface area contributed by atoms with E-state index in [1.165, 1.54) is 0 Å². The molecule has 0 spiro atoms. The van der Waals surface area contributed by atoms with Gasteiger partial charge in [0.15, 0.2) is 0 Å². The second kappa shape index (κ2) is 3.13. The average molecular weight is 168 g/mol. The van der Waals surface area contributed by atoms with E-state index in [0.717, 1.165) is 12.1 Å². The Bertz CT molecular complexity index is 283. The molecule has 0 bridgehead atoms. The van der Waals surface area contributed by atoms with Crippen molar-refractivity contribution in [3.8, 4) is 17.2 Å². The molecule has 3 N–H and O–H groups in total. The predicted octanol–water partition coefficient (Wildman–Crippen LogP) is 0.545. The lowest BCUT2D eigenvalue weighted by Crippen LogP contribution is -1.87. The molecule has 12 heavy (non-hydrogen) atoms. The fourth-order valence-corrected chi connectivity index (χ4v) is 0.920. The summed E-state index contributed by atoms with van der Waals surface area (Å²) in [7, 11) is 0. The molecule has 0 unspecified atom stereocenters. The first-order valence-corrected chi connectivity index (χ1v) is 3.32. The summed E-state index contributed by atoms with van der Waals surface area (Å²) in [5.74, 6) is -0.793. The Labute approximate surface area is 68.7 Å². The maximum Gasteiger partial charge on any atom is 0.126 e. The van der Waals surface area contributed by atoms with E-state index in [4.69, 9.17) is 15.3 Å². The van der Waals surface area contributed by atoms with Gasteiger partial charge in [0.1, 0.15) is 23.5 Å². The average Bonchev–Trinajstić information content (AvgIpc) is 1.96. The molecule has 0 saturated heterocycles. The van der Waals surface area contributed by atoms with E-state index in [0.29, 0.717) is 6.29 Å². The molecule has 1 aromatic rings. The van der Waals surface area contributed by atoms with E-state index in [9.17, 15) is 4.79 Å². The molecule has 64 valence electrons. The maximum atomic E-state index is 10.1. The van der Waals surface area contributed by atoms with Crippen molar-refractivity contribution in [2.24, 2.45) is 0 Å². The van der Waals surface area contributed by atoms with E-state index in [-0.39, 0.29) is 29.2 Å². The van der Waals surface area contributed by atoms with Gasteiger partial charge in [-0.05, 0) is 0 Å². The zero-order valence-electron chi connectivity index (χ0n) is 6.19. The van der Waals surface area contributed by atoms with Crippen LogP contribution in [0.3, 0.4) is 0 Å². The summed E-state index contributed by atoms with van der Waals surface area (Å²) in [6, 6.07) is 2.14. The molecule has 4 nitrogen and oxygen atoms in total.